The highest BCUT2D eigenvalue weighted by Gasteiger charge is 2.30. The fourth-order valence-electron chi connectivity index (χ4n) is 3.41. The van der Waals surface area contributed by atoms with E-state index in [9.17, 15) is 0 Å². The van der Waals surface area contributed by atoms with Gasteiger partial charge in [-0.1, -0.05) is 61.4 Å². The van der Waals surface area contributed by atoms with Crippen LogP contribution in [-0.4, -0.2) is 0 Å². The van der Waals surface area contributed by atoms with Crippen molar-refractivity contribution in [3.63, 3.8) is 0 Å². The molecular weight excluding hydrogens is 228 g/mol. The van der Waals surface area contributed by atoms with Crippen LogP contribution in [0.5, 0.6) is 0 Å². The molecule has 19 heavy (non-hydrogen) atoms. The van der Waals surface area contributed by atoms with Crippen LogP contribution >= 0.6 is 0 Å². The largest absolute Gasteiger partial charge is 0.0660 e. The second-order valence-electron chi connectivity index (χ2n) is 6.26. The molecule has 0 spiro atoms. The number of hydrogen-bond donors (Lipinski definition) is 0. The van der Waals surface area contributed by atoms with Crippen molar-refractivity contribution < 1.29 is 0 Å². The summed E-state index contributed by atoms with van der Waals surface area (Å²) in [6.07, 6.45) is 5.94. The third-order valence-electron chi connectivity index (χ3n) is 4.53. The average Bonchev–Trinajstić information content (AvgIpc) is 2.90. The first kappa shape index (κ1) is 12.5. The molecule has 0 nitrogen and oxygen atoms in total. The highest BCUT2D eigenvalue weighted by Crippen LogP contribution is 2.47. The van der Waals surface area contributed by atoms with Crippen molar-refractivity contribution in [2.24, 2.45) is 5.92 Å². The van der Waals surface area contributed by atoms with Crippen molar-refractivity contribution in [1.82, 2.24) is 0 Å². The summed E-state index contributed by atoms with van der Waals surface area (Å²) in [6.45, 7) is 9.16. The van der Waals surface area contributed by atoms with Gasteiger partial charge in [0.05, 0.1) is 0 Å². The molecule has 1 aromatic carbocycles. The van der Waals surface area contributed by atoms with Crippen molar-refractivity contribution in [2.45, 2.75) is 40.0 Å². The van der Waals surface area contributed by atoms with Crippen molar-refractivity contribution in [3.8, 4) is 0 Å². The number of hydrogen-bond acceptors (Lipinski definition) is 0. The van der Waals surface area contributed by atoms with E-state index in [1.54, 1.807) is 5.57 Å². The van der Waals surface area contributed by atoms with Crippen LogP contribution in [0, 0.1) is 5.92 Å². The molecule has 98 valence electrons. The fraction of sp³-hybridized carbons (Fsp3) is 0.368. The zero-order valence-corrected chi connectivity index (χ0v) is 12.3. The van der Waals surface area contributed by atoms with Gasteiger partial charge >= 0.3 is 0 Å². The predicted molar refractivity (Wildman–Crippen MR) is 83.1 cm³/mol. The lowest BCUT2D eigenvalue weighted by Crippen LogP contribution is -2.08. The number of allylic oxidation sites excluding steroid dienone is 5. The average molecular weight is 250 g/mol. The summed E-state index contributed by atoms with van der Waals surface area (Å²) >= 11 is 0. The Kier molecular flexibility index (Phi) is 2.97. The first-order chi connectivity index (χ1) is 9.08. The Morgan fingerprint density at radius 3 is 2.42 bits per heavy atom. The van der Waals surface area contributed by atoms with Crippen molar-refractivity contribution >= 4 is 6.08 Å². The standard InChI is InChI=1S/C19H22/c1-12(2)19-17-8-6-5-7-15(17)11-18(19)16-9-13(3)14(4)10-16/h5-9,11-12,19H,10H2,1-4H3. The zero-order valence-electron chi connectivity index (χ0n) is 12.3. The lowest BCUT2D eigenvalue weighted by atomic mass is 9.82. The maximum atomic E-state index is 2.41. The monoisotopic (exact) mass is 250 g/mol. The Labute approximate surface area is 116 Å². The molecule has 1 atom stereocenters. The maximum absolute atomic E-state index is 2.41. The van der Waals surface area contributed by atoms with E-state index in [-0.39, 0.29) is 0 Å². The molecule has 0 bridgehead atoms. The molecule has 0 fully saturated rings. The van der Waals surface area contributed by atoms with Gasteiger partial charge in [0.25, 0.3) is 0 Å². The van der Waals surface area contributed by atoms with Gasteiger partial charge < -0.3 is 0 Å². The van der Waals surface area contributed by atoms with E-state index in [1.807, 2.05) is 0 Å². The third-order valence-corrected chi connectivity index (χ3v) is 4.53. The molecule has 0 amide bonds. The Hall–Kier alpha value is -1.56. The van der Waals surface area contributed by atoms with Gasteiger partial charge in [0.2, 0.25) is 0 Å². The van der Waals surface area contributed by atoms with Crippen molar-refractivity contribution in [1.29, 1.82) is 0 Å². The quantitative estimate of drug-likeness (QED) is 0.651. The van der Waals surface area contributed by atoms with Gasteiger partial charge in [0, 0.05) is 5.92 Å². The van der Waals surface area contributed by atoms with Crippen LogP contribution in [0.3, 0.4) is 0 Å². The highest BCUT2D eigenvalue weighted by atomic mass is 14.3. The minimum atomic E-state index is 0.571. The molecule has 0 saturated heterocycles. The second-order valence-corrected chi connectivity index (χ2v) is 6.26. The number of benzene rings is 1. The summed E-state index contributed by atoms with van der Waals surface area (Å²) < 4.78 is 0. The molecule has 0 N–H and O–H groups in total. The molecule has 2 aliphatic carbocycles. The normalized spacial score (nSPS) is 21.8. The SMILES string of the molecule is CC1=C(C)CC(C2=Cc3ccccc3C2C(C)C)=C1. The molecule has 2 aliphatic rings. The van der Waals surface area contributed by atoms with Crippen molar-refractivity contribution in [3.05, 3.63) is 63.8 Å². The summed E-state index contributed by atoms with van der Waals surface area (Å²) in [7, 11) is 0. The molecule has 0 aliphatic heterocycles. The molecule has 3 rings (SSSR count). The first-order valence-corrected chi connectivity index (χ1v) is 7.25. The summed E-state index contributed by atoms with van der Waals surface area (Å²) in [5.41, 5.74) is 8.98. The highest BCUT2D eigenvalue weighted by molar-refractivity contribution is 5.72. The molecular formula is C19H22. The minimum Gasteiger partial charge on any atom is -0.0660 e. The summed E-state index contributed by atoms with van der Waals surface area (Å²) in [5.74, 6) is 1.22. The van der Waals surface area contributed by atoms with Gasteiger partial charge in [0.15, 0.2) is 0 Å². The van der Waals surface area contributed by atoms with Crippen LogP contribution in [0.2, 0.25) is 0 Å². The lowest BCUT2D eigenvalue weighted by molar-refractivity contribution is 0.565. The van der Waals surface area contributed by atoms with E-state index in [0.29, 0.717) is 11.8 Å². The smallest absolute Gasteiger partial charge is 0.0121 e. The Morgan fingerprint density at radius 2 is 1.79 bits per heavy atom. The van der Waals surface area contributed by atoms with Crippen LogP contribution < -0.4 is 0 Å². The zero-order chi connectivity index (χ0) is 13.6. The summed E-state index contributed by atoms with van der Waals surface area (Å²) in [4.78, 5) is 0. The molecule has 0 heterocycles. The van der Waals surface area contributed by atoms with Gasteiger partial charge in [0.1, 0.15) is 0 Å². The van der Waals surface area contributed by atoms with Gasteiger partial charge in [-0.25, -0.2) is 0 Å². The van der Waals surface area contributed by atoms with Crippen LogP contribution in [0.15, 0.2) is 52.6 Å². The van der Waals surface area contributed by atoms with E-state index < -0.39 is 0 Å². The molecule has 1 aromatic rings. The van der Waals surface area contributed by atoms with E-state index in [4.69, 9.17) is 0 Å². The Morgan fingerprint density at radius 1 is 1.05 bits per heavy atom. The molecule has 1 unspecified atom stereocenters. The summed E-state index contributed by atoms with van der Waals surface area (Å²) in [6, 6.07) is 8.86. The van der Waals surface area contributed by atoms with Gasteiger partial charge in [-0.3, -0.25) is 0 Å². The summed E-state index contributed by atoms with van der Waals surface area (Å²) in [5, 5.41) is 0. The van der Waals surface area contributed by atoms with Crippen LogP contribution in [-0.2, 0) is 0 Å². The van der Waals surface area contributed by atoms with Crippen LogP contribution in [0.25, 0.3) is 6.08 Å². The predicted octanol–water partition coefficient (Wildman–Crippen LogP) is 5.49. The molecule has 0 radical (unpaired) electrons. The van der Waals surface area contributed by atoms with E-state index in [0.717, 1.165) is 6.42 Å². The van der Waals surface area contributed by atoms with Gasteiger partial charge in [-0.05, 0) is 48.5 Å². The molecule has 0 saturated carbocycles. The lowest BCUT2D eigenvalue weighted by Gasteiger charge is -2.22. The van der Waals surface area contributed by atoms with Crippen molar-refractivity contribution in [2.75, 3.05) is 0 Å². The number of rotatable bonds is 2. The minimum absolute atomic E-state index is 0.571. The van der Waals surface area contributed by atoms with E-state index in [2.05, 4.69) is 64.1 Å². The van der Waals surface area contributed by atoms with E-state index >= 15 is 0 Å². The van der Waals surface area contributed by atoms with Crippen LogP contribution in [0.4, 0.5) is 0 Å². The molecule has 0 aromatic heterocycles. The topological polar surface area (TPSA) is 0 Å². The molecule has 0 heteroatoms. The number of fused-ring (bicyclic) bond motifs is 1. The first-order valence-electron chi connectivity index (χ1n) is 7.25. The fourth-order valence-corrected chi connectivity index (χ4v) is 3.41. The maximum Gasteiger partial charge on any atom is 0.0121 e. The third kappa shape index (κ3) is 2.00. The van der Waals surface area contributed by atoms with E-state index in [1.165, 1.54) is 27.8 Å². The van der Waals surface area contributed by atoms with Gasteiger partial charge in [-0.2, -0.15) is 0 Å². The Balaban J connectivity index is 2.02. The Bertz CT molecular complexity index is 609. The van der Waals surface area contributed by atoms with Crippen LogP contribution in [0.1, 0.15) is 51.2 Å². The second kappa shape index (κ2) is 4.52. The van der Waals surface area contributed by atoms with Gasteiger partial charge in [-0.15, -0.1) is 0 Å².